The first-order chi connectivity index (χ1) is 9.88. The number of hydrogen-bond donors (Lipinski definition) is 1. The highest BCUT2D eigenvalue weighted by atomic mass is 19.1. The van der Waals surface area contributed by atoms with E-state index in [4.69, 9.17) is 4.74 Å². The summed E-state index contributed by atoms with van der Waals surface area (Å²) < 4.78 is 19.2. The molecular formula is C16H19FO4. The summed E-state index contributed by atoms with van der Waals surface area (Å²) in [4.78, 5) is 23.1. The predicted octanol–water partition coefficient (Wildman–Crippen LogP) is 3.04. The van der Waals surface area contributed by atoms with Gasteiger partial charge in [-0.1, -0.05) is 13.0 Å². The number of methoxy groups -OCH3 is 1. The number of carbonyl (C=O) groups is 2. The van der Waals surface area contributed by atoms with Gasteiger partial charge in [-0.2, -0.15) is 0 Å². The van der Waals surface area contributed by atoms with Crippen molar-refractivity contribution in [2.24, 2.45) is 11.8 Å². The van der Waals surface area contributed by atoms with E-state index >= 15 is 0 Å². The van der Waals surface area contributed by atoms with Gasteiger partial charge in [-0.05, 0) is 37.3 Å². The fourth-order valence-corrected chi connectivity index (χ4v) is 2.84. The summed E-state index contributed by atoms with van der Waals surface area (Å²) in [5, 5.41) is 9.87. The number of ether oxygens (including phenoxy) is 1. The van der Waals surface area contributed by atoms with Crippen LogP contribution in [0.4, 0.5) is 4.39 Å². The van der Waals surface area contributed by atoms with E-state index in [1.807, 2.05) is 0 Å². The maximum absolute atomic E-state index is 14.4. The molecule has 0 bridgehead atoms. The molecule has 0 radical (unpaired) electrons. The van der Waals surface area contributed by atoms with Crippen molar-refractivity contribution in [3.8, 4) is 5.75 Å². The summed E-state index contributed by atoms with van der Waals surface area (Å²) in [7, 11) is 1.30. The van der Waals surface area contributed by atoms with Crippen molar-refractivity contribution in [1.82, 2.24) is 0 Å². The molecule has 1 aromatic carbocycles. The molecular weight excluding hydrogens is 275 g/mol. The number of halogens is 1. The molecule has 114 valence electrons. The Labute approximate surface area is 122 Å². The third kappa shape index (κ3) is 2.91. The zero-order valence-corrected chi connectivity index (χ0v) is 12.4. The van der Waals surface area contributed by atoms with Crippen LogP contribution in [-0.4, -0.2) is 24.0 Å². The van der Waals surface area contributed by atoms with Crippen LogP contribution in [0, 0.1) is 17.7 Å². The molecule has 0 aromatic heterocycles. The molecule has 1 aliphatic carbocycles. The number of esters is 1. The van der Waals surface area contributed by atoms with Crippen LogP contribution in [0.15, 0.2) is 12.1 Å². The van der Waals surface area contributed by atoms with Crippen LogP contribution in [-0.2, 0) is 9.53 Å². The van der Waals surface area contributed by atoms with Crippen molar-refractivity contribution >= 4 is 11.8 Å². The van der Waals surface area contributed by atoms with E-state index in [-0.39, 0.29) is 23.0 Å². The molecule has 4 nitrogen and oxygen atoms in total. The van der Waals surface area contributed by atoms with Gasteiger partial charge in [0.15, 0.2) is 17.3 Å². The Morgan fingerprint density at radius 3 is 2.48 bits per heavy atom. The third-order valence-electron chi connectivity index (χ3n) is 4.13. The molecule has 1 saturated carbocycles. The molecule has 2 rings (SSSR count). The fraction of sp³-hybridized carbons (Fsp3) is 0.500. The number of phenolic OH excluding ortho intramolecular Hbond substituents is 1. The summed E-state index contributed by atoms with van der Waals surface area (Å²) in [5.41, 5.74) is 0.231. The molecule has 1 fully saturated rings. The number of benzene rings is 1. The van der Waals surface area contributed by atoms with Gasteiger partial charge in [0.05, 0.1) is 18.6 Å². The Kier molecular flexibility index (Phi) is 4.30. The second kappa shape index (κ2) is 5.84. The van der Waals surface area contributed by atoms with Crippen molar-refractivity contribution in [3.63, 3.8) is 0 Å². The van der Waals surface area contributed by atoms with Crippen molar-refractivity contribution in [1.29, 1.82) is 0 Å². The predicted molar refractivity (Wildman–Crippen MR) is 74.7 cm³/mol. The van der Waals surface area contributed by atoms with Gasteiger partial charge in [0.25, 0.3) is 0 Å². The molecule has 0 heterocycles. The number of rotatable bonds is 5. The molecule has 2 atom stereocenters. The number of Topliss-reactive ketones (excluding diaryl/α,β-unsaturated/α-hetero) is 1. The standard InChI is InChI=1S/C16H19FO4/c1-8(16(20)21-3)13(10-4-5-10)12-7-6-11(9(2)18)15(19)14(12)17/h6-8,10,13,19H,4-5H2,1-3H3/t8-,13-/m0/s1. The first-order valence-corrected chi connectivity index (χ1v) is 6.98. The highest BCUT2D eigenvalue weighted by Gasteiger charge is 2.41. The van der Waals surface area contributed by atoms with Gasteiger partial charge in [-0.25, -0.2) is 4.39 Å². The van der Waals surface area contributed by atoms with Gasteiger partial charge in [0.1, 0.15) is 0 Å². The molecule has 1 N–H and O–H groups in total. The molecule has 0 amide bonds. The lowest BCUT2D eigenvalue weighted by molar-refractivity contribution is -0.145. The fourth-order valence-electron chi connectivity index (χ4n) is 2.84. The van der Waals surface area contributed by atoms with Gasteiger partial charge >= 0.3 is 5.97 Å². The Balaban J connectivity index is 2.44. The first kappa shape index (κ1) is 15.5. The Bertz CT molecular complexity index is 578. The third-order valence-corrected chi connectivity index (χ3v) is 4.13. The number of phenols is 1. The van der Waals surface area contributed by atoms with Crippen LogP contribution in [0.3, 0.4) is 0 Å². The number of ketones is 1. The van der Waals surface area contributed by atoms with E-state index in [0.717, 1.165) is 12.8 Å². The van der Waals surface area contributed by atoms with Gasteiger partial charge in [0.2, 0.25) is 0 Å². The van der Waals surface area contributed by atoms with E-state index in [2.05, 4.69) is 0 Å². The maximum atomic E-state index is 14.4. The second-order valence-corrected chi connectivity index (χ2v) is 5.60. The largest absolute Gasteiger partial charge is 0.504 e. The van der Waals surface area contributed by atoms with Crippen LogP contribution in [0.5, 0.6) is 5.75 Å². The summed E-state index contributed by atoms with van der Waals surface area (Å²) in [6.07, 6.45) is 1.83. The van der Waals surface area contributed by atoms with Crippen molar-refractivity contribution < 1.29 is 23.8 Å². The maximum Gasteiger partial charge on any atom is 0.309 e. The Morgan fingerprint density at radius 2 is 2.00 bits per heavy atom. The Morgan fingerprint density at radius 1 is 1.38 bits per heavy atom. The first-order valence-electron chi connectivity index (χ1n) is 6.98. The summed E-state index contributed by atoms with van der Waals surface area (Å²) in [6, 6.07) is 2.91. The molecule has 0 unspecified atom stereocenters. The smallest absolute Gasteiger partial charge is 0.309 e. The van der Waals surface area contributed by atoms with Crippen molar-refractivity contribution in [3.05, 3.63) is 29.1 Å². The number of carbonyl (C=O) groups excluding carboxylic acids is 2. The lowest BCUT2D eigenvalue weighted by atomic mass is 9.82. The van der Waals surface area contributed by atoms with Crippen LogP contribution >= 0.6 is 0 Å². The van der Waals surface area contributed by atoms with E-state index in [0.29, 0.717) is 0 Å². The quantitative estimate of drug-likeness (QED) is 0.669. The Hall–Kier alpha value is -1.91. The number of hydrogen-bond acceptors (Lipinski definition) is 4. The molecule has 0 saturated heterocycles. The van der Waals surface area contributed by atoms with Crippen LogP contribution in [0.2, 0.25) is 0 Å². The topological polar surface area (TPSA) is 63.6 Å². The zero-order chi connectivity index (χ0) is 15.7. The monoisotopic (exact) mass is 294 g/mol. The number of aromatic hydroxyl groups is 1. The molecule has 5 heteroatoms. The van der Waals surface area contributed by atoms with Crippen LogP contribution < -0.4 is 0 Å². The summed E-state index contributed by atoms with van der Waals surface area (Å²) in [5.74, 6) is -2.89. The van der Waals surface area contributed by atoms with Gasteiger partial charge in [-0.15, -0.1) is 0 Å². The van der Waals surface area contributed by atoms with Gasteiger partial charge in [0, 0.05) is 5.92 Å². The minimum Gasteiger partial charge on any atom is -0.504 e. The van der Waals surface area contributed by atoms with E-state index in [9.17, 15) is 19.1 Å². The molecule has 1 aromatic rings. The van der Waals surface area contributed by atoms with Crippen LogP contribution in [0.25, 0.3) is 0 Å². The molecule has 1 aliphatic rings. The lowest BCUT2D eigenvalue weighted by Gasteiger charge is -2.23. The average molecular weight is 294 g/mol. The van der Waals surface area contributed by atoms with E-state index < -0.39 is 29.2 Å². The highest BCUT2D eigenvalue weighted by molar-refractivity contribution is 5.96. The van der Waals surface area contributed by atoms with E-state index in [1.165, 1.54) is 26.2 Å². The summed E-state index contributed by atoms with van der Waals surface area (Å²) in [6.45, 7) is 2.97. The lowest BCUT2D eigenvalue weighted by Crippen LogP contribution is -2.23. The zero-order valence-electron chi connectivity index (χ0n) is 12.4. The minimum absolute atomic E-state index is 0.0449. The van der Waals surface area contributed by atoms with Crippen molar-refractivity contribution in [2.75, 3.05) is 7.11 Å². The average Bonchev–Trinajstić information content (AvgIpc) is 3.27. The van der Waals surface area contributed by atoms with Gasteiger partial charge in [-0.3, -0.25) is 9.59 Å². The minimum atomic E-state index is -0.810. The SMILES string of the molecule is COC(=O)[C@@H](C)[C@H](c1ccc(C(C)=O)c(O)c1F)C1CC1. The van der Waals surface area contributed by atoms with E-state index in [1.54, 1.807) is 6.92 Å². The molecule has 0 aliphatic heterocycles. The second-order valence-electron chi connectivity index (χ2n) is 5.60. The highest BCUT2D eigenvalue weighted by Crippen LogP contribution is 2.48. The normalized spacial score (nSPS) is 17.1. The molecule has 0 spiro atoms. The van der Waals surface area contributed by atoms with Crippen LogP contribution in [0.1, 0.15) is 48.5 Å². The molecule has 21 heavy (non-hydrogen) atoms. The summed E-state index contributed by atoms with van der Waals surface area (Å²) >= 11 is 0. The van der Waals surface area contributed by atoms with Crippen molar-refractivity contribution in [2.45, 2.75) is 32.6 Å². The van der Waals surface area contributed by atoms with Gasteiger partial charge < -0.3 is 9.84 Å².